The molecule has 0 radical (unpaired) electrons. The maximum Gasteiger partial charge on any atom is 0.194 e. The Morgan fingerprint density at radius 2 is 2.00 bits per heavy atom. The lowest BCUT2D eigenvalue weighted by molar-refractivity contribution is 0.105. The van der Waals surface area contributed by atoms with Crippen LogP contribution >= 0.6 is 0 Å². The van der Waals surface area contributed by atoms with Crippen LogP contribution in [-0.4, -0.2) is 18.1 Å². The van der Waals surface area contributed by atoms with E-state index >= 15 is 0 Å². The largest absolute Gasteiger partial charge is 0.733 e. The molecule has 136 valence electrons. The van der Waals surface area contributed by atoms with Gasteiger partial charge in [-0.25, -0.2) is 0 Å². The van der Waals surface area contributed by atoms with E-state index in [0.29, 0.717) is 23.1 Å². The van der Waals surface area contributed by atoms with E-state index in [9.17, 15) is 15.2 Å². The number of fused-ring (bicyclic) bond motifs is 3. The standard InChI is InChI=1S/C21H17N2O4/c1-21(2)15-9-18(27-3)17(23(25)26)8-14(15)20(24)19-13-5-4-11(10-22)6-12(13)7-16(19)21/h4-6,8-9,25H,7H2,1-3H3/q-1. The van der Waals surface area contributed by atoms with Crippen molar-refractivity contribution < 1.29 is 14.7 Å². The molecule has 0 saturated carbocycles. The molecule has 0 unspecified atom stereocenters. The Kier molecular flexibility index (Phi) is 3.63. The Bertz CT molecular complexity index is 1070. The lowest BCUT2D eigenvalue weighted by atomic mass is 9.68. The summed E-state index contributed by atoms with van der Waals surface area (Å²) in [5.41, 5.74) is 4.50. The fraction of sp³-hybridized carbons (Fsp3) is 0.238. The van der Waals surface area contributed by atoms with E-state index in [0.717, 1.165) is 22.3 Å². The molecule has 2 aliphatic carbocycles. The highest BCUT2D eigenvalue weighted by molar-refractivity contribution is 6.33. The van der Waals surface area contributed by atoms with E-state index in [-0.39, 0.29) is 22.4 Å². The van der Waals surface area contributed by atoms with Crippen LogP contribution in [0.3, 0.4) is 0 Å². The van der Waals surface area contributed by atoms with Gasteiger partial charge in [-0.15, -0.1) is 0 Å². The van der Waals surface area contributed by atoms with Crippen molar-refractivity contribution in [3.05, 3.63) is 68.9 Å². The summed E-state index contributed by atoms with van der Waals surface area (Å²) in [5, 5.41) is 29.8. The second-order valence-corrected chi connectivity index (χ2v) is 7.31. The van der Waals surface area contributed by atoms with Gasteiger partial charge in [0, 0.05) is 16.6 Å². The minimum atomic E-state index is -0.473. The maximum absolute atomic E-state index is 13.3. The fourth-order valence-corrected chi connectivity index (χ4v) is 4.17. The summed E-state index contributed by atoms with van der Waals surface area (Å²) in [5.74, 6) is 0.0204. The molecule has 0 fully saturated rings. The molecule has 6 nitrogen and oxygen atoms in total. The molecule has 0 amide bonds. The highest BCUT2D eigenvalue weighted by Crippen LogP contribution is 2.51. The lowest BCUT2D eigenvalue weighted by Gasteiger charge is -2.36. The molecule has 0 saturated heterocycles. The Labute approximate surface area is 156 Å². The number of benzene rings is 2. The first-order valence-corrected chi connectivity index (χ1v) is 8.50. The SMILES string of the molecule is COc1cc2c(cc1N([O-])O)C(=O)C1=C(Cc3cc(C#N)ccc31)C2(C)C. The normalized spacial score (nSPS) is 16.4. The molecule has 0 spiro atoms. The highest BCUT2D eigenvalue weighted by atomic mass is 16.8. The third-order valence-electron chi connectivity index (χ3n) is 5.60. The predicted octanol–water partition coefficient (Wildman–Crippen LogP) is 3.74. The molecule has 2 aromatic carbocycles. The van der Waals surface area contributed by atoms with Crippen molar-refractivity contribution >= 4 is 17.0 Å². The van der Waals surface area contributed by atoms with Crippen molar-refractivity contribution in [2.24, 2.45) is 0 Å². The average molecular weight is 361 g/mol. The number of Topliss-reactive ketones (excluding diaryl/α,β-unsaturated/α-hetero) is 1. The lowest BCUT2D eigenvalue weighted by Crippen LogP contribution is -2.30. The molecule has 4 rings (SSSR count). The molecule has 2 aliphatic rings. The quantitative estimate of drug-likeness (QED) is 0.819. The van der Waals surface area contributed by atoms with E-state index in [1.165, 1.54) is 13.2 Å². The molecular formula is C21H17N2O4-. The van der Waals surface area contributed by atoms with Crippen LogP contribution in [0, 0.1) is 16.5 Å². The van der Waals surface area contributed by atoms with Gasteiger partial charge in [-0.05, 0) is 52.9 Å². The first kappa shape index (κ1) is 17.3. The molecule has 1 N–H and O–H groups in total. The van der Waals surface area contributed by atoms with Crippen LogP contribution < -0.4 is 9.96 Å². The zero-order valence-corrected chi connectivity index (χ0v) is 15.2. The van der Waals surface area contributed by atoms with E-state index in [1.54, 1.807) is 12.1 Å². The molecule has 0 atom stereocenters. The van der Waals surface area contributed by atoms with Crippen LogP contribution in [0.15, 0.2) is 35.9 Å². The zero-order chi connectivity index (χ0) is 19.5. The first-order chi connectivity index (χ1) is 12.8. The van der Waals surface area contributed by atoms with E-state index in [2.05, 4.69) is 6.07 Å². The third kappa shape index (κ3) is 2.29. The molecule has 27 heavy (non-hydrogen) atoms. The minimum Gasteiger partial charge on any atom is -0.733 e. The van der Waals surface area contributed by atoms with Crippen molar-refractivity contribution in [3.63, 3.8) is 0 Å². The van der Waals surface area contributed by atoms with Gasteiger partial charge in [-0.3, -0.25) is 10.0 Å². The average Bonchev–Trinajstić information content (AvgIpc) is 3.05. The number of hydrogen-bond acceptors (Lipinski definition) is 6. The monoisotopic (exact) mass is 361 g/mol. The smallest absolute Gasteiger partial charge is 0.194 e. The van der Waals surface area contributed by atoms with Crippen molar-refractivity contribution in [1.82, 2.24) is 0 Å². The number of ether oxygens (including phenoxy) is 1. The van der Waals surface area contributed by atoms with Gasteiger partial charge in [0.25, 0.3) is 0 Å². The van der Waals surface area contributed by atoms with Crippen molar-refractivity contribution in [3.8, 4) is 11.8 Å². The zero-order valence-electron chi connectivity index (χ0n) is 15.2. The summed E-state index contributed by atoms with van der Waals surface area (Å²) in [6.07, 6.45) is 0.593. The molecule has 0 aliphatic heterocycles. The number of hydrogen-bond donors (Lipinski definition) is 1. The first-order valence-electron chi connectivity index (χ1n) is 8.50. The number of rotatable bonds is 2. The van der Waals surface area contributed by atoms with Crippen molar-refractivity contribution in [2.45, 2.75) is 25.7 Å². The Hall–Kier alpha value is -3.14. The minimum absolute atomic E-state index is 0.109. The van der Waals surface area contributed by atoms with E-state index in [4.69, 9.17) is 10.00 Å². The van der Waals surface area contributed by atoms with Gasteiger partial charge in [0.05, 0.1) is 24.4 Å². The van der Waals surface area contributed by atoms with Gasteiger partial charge in [0.1, 0.15) is 5.75 Å². The number of methoxy groups -OCH3 is 1. The summed E-state index contributed by atoms with van der Waals surface area (Å²) in [6, 6.07) is 10.5. The summed E-state index contributed by atoms with van der Waals surface area (Å²) in [6.45, 7) is 4.05. The number of carbonyl (C=O) groups is 1. The molecule has 2 aromatic rings. The number of nitrogens with zero attached hydrogens (tertiary/aromatic N) is 2. The van der Waals surface area contributed by atoms with Crippen molar-refractivity contribution in [1.29, 1.82) is 5.26 Å². The summed E-state index contributed by atoms with van der Waals surface area (Å²) < 4.78 is 5.24. The summed E-state index contributed by atoms with van der Waals surface area (Å²) >= 11 is 0. The van der Waals surface area contributed by atoms with Gasteiger partial charge in [-0.2, -0.15) is 5.26 Å². The topological polar surface area (TPSA) is 96.6 Å². The molecule has 0 bridgehead atoms. The van der Waals surface area contributed by atoms with E-state index < -0.39 is 5.41 Å². The van der Waals surface area contributed by atoms with Crippen LogP contribution in [0.1, 0.15) is 46.5 Å². The number of nitriles is 1. The van der Waals surface area contributed by atoms with Crippen LogP contribution in [0.5, 0.6) is 5.75 Å². The highest BCUT2D eigenvalue weighted by Gasteiger charge is 2.43. The van der Waals surface area contributed by atoms with Crippen LogP contribution in [-0.2, 0) is 11.8 Å². The molecular weight excluding hydrogens is 344 g/mol. The number of ketones is 1. The fourth-order valence-electron chi connectivity index (χ4n) is 4.17. The third-order valence-corrected chi connectivity index (χ3v) is 5.60. The van der Waals surface area contributed by atoms with Crippen LogP contribution in [0.25, 0.3) is 5.57 Å². The van der Waals surface area contributed by atoms with Gasteiger partial charge < -0.3 is 15.2 Å². The van der Waals surface area contributed by atoms with Crippen LogP contribution in [0.4, 0.5) is 5.69 Å². The number of anilines is 1. The van der Waals surface area contributed by atoms with Gasteiger partial charge in [0.2, 0.25) is 0 Å². The maximum atomic E-state index is 13.3. The molecule has 0 aromatic heterocycles. The summed E-state index contributed by atoms with van der Waals surface area (Å²) in [7, 11) is 1.41. The molecule has 0 heterocycles. The Morgan fingerprint density at radius 1 is 1.26 bits per heavy atom. The van der Waals surface area contributed by atoms with Crippen molar-refractivity contribution in [2.75, 3.05) is 12.3 Å². The van der Waals surface area contributed by atoms with Gasteiger partial charge in [0.15, 0.2) is 5.78 Å². The van der Waals surface area contributed by atoms with E-state index in [1.807, 2.05) is 26.0 Å². The van der Waals surface area contributed by atoms with Gasteiger partial charge >= 0.3 is 0 Å². The second kappa shape index (κ2) is 5.68. The predicted molar refractivity (Wildman–Crippen MR) is 99.8 cm³/mol. The van der Waals surface area contributed by atoms with Gasteiger partial charge in [-0.1, -0.05) is 19.9 Å². The van der Waals surface area contributed by atoms with Crippen LogP contribution in [0.2, 0.25) is 0 Å². The molecule has 6 heteroatoms. The number of carbonyl (C=O) groups excluding carboxylic acids is 1. The summed E-state index contributed by atoms with van der Waals surface area (Å²) in [4.78, 5) is 13.3. The number of allylic oxidation sites excluding steroid dienone is 2. The Balaban J connectivity index is 1.95. The Morgan fingerprint density at radius 3 is 2.63 bits per heavy atom. The second-order valence-electron chi connectivity index (χ2n) is 7.31.